The average molecular weight is 284 g/mol. The summed E-state index contributed by atoms with van der Waals surface area (Å²) in [5.74, 6) is 0.874. The number of pyridine rings is 1. The lowest BCUT2D eigenvalue weighted by atomic mass is 10.0. The predicted molar refractivity (Wildman–Crippen MR) is 88.3 cm³/mol. The summed E-state index contributed by atoms with van der Waals surface area (Å²) in [7, 11) is 1.72. The molecule has 0 saturated heterocycles. The highest BCUT2D eigenvalue weighted by Crippen LogP contribution is 2.36. The lowest BCUT2D eigenvalue weighted by Crippen LogP contribution is -2.08. The zero-order valence-corrected chi connectivity index (χ0v) is 13.0. The molecular weight excluding hydrogens is 260 g/mol. The Bertz CT molecular complexity index is 637. The Morgan fingerprint density at radius 1 is 1.19 bits per heavy atom. The Morgan fingerprint density at radius 2 is 2.05 bits per heavy atom. The van der Waals surface area contributed by atoms with Gasteiger partial charge in [0.05, 0.1) is 7.11 Å². The van der Waals surface area contributed by atoms with E-state index in [1.165, 1.54) is 41.6 Å². The van der Waals surface area contributed by atoms with E-state index < -0.39 is 0 Å². The van der Waals surface area contributed by atoms with Crippen molar-refractivity contribution >= 4 is 16.6 Å². The van der Waals surface area contributed by atoms with Crippen LogP contribution in [0, 0.1) is 0 Å². The molecule has 3 nitrogen and oxygen atoms in total. The molecule has 0 saturated carbocycles. The molecule has 3 heteroatoms. The van der Waals surface area contributed by atoms with Gasteiger partial charge in [-0.1, -0.05) is 25.5 Å². The van der Waals surface area contributed by atoms with Gasteiger partial charge in [0.1, 0.15) is 11.3 Å². The van der Waals surface area contributed by atoms with Crippen molar-refractivity contribution in [2.45, 2.75) is 45.4 Å². The van der Waals surface area contributed by atoms with Gasteiger partial charge in [0, 0.05) is 23.3 Å². The molecule has 2 aromatic rings. The van der Waals surface area contributed by atoms with Crippen LogP contribution in [-0.4, -0.2) is 18.6 Å². The number of ether oxygens (including phenoxy) is 1. The number of rotatable bonds is 4. The van der Waals surface area contributed by atoms with E-state index in [-0.39, 0.29) is 0 Å². The molecule has 0 bridgehead atoms. The van der Waals surface area contributed by atoms with Crippen LogP contribution in [0.2, 0.25) is 0 Å². The third-order valence-electron chi connectivity index (χ3n) is 4.28. The number of nitrogens with one attached hydrogen (secondary N) is 1. The summed E-state index contributed by atoms with van der Waals surface area (Å²) in [5.41, 5.74) is 4.99. The number of hydrogen-bond donors (Lipinski definition) is 1. The van der Waals surface area contributed by atoms with Gasteiger partial charge < -0.3 is 10.1 Å². The van der Waals surface area contributed by atoms with E-state index in [2.05, 4.69) is 24.4 Å². The summed E-state index contributed by atoms with van der Waals surface area (Å²) in [4.78, 5) is 4.95. The van der Waals surface area contributed by atoms with Crippen LogP contribution in [-0.2, 0) is 12.8 Å². The third kappa shape index (κ3) is 2.69. The zero-order valence-electron chi connectivity index (χ0n) is 13.0. The zero-order chi connectivity index (χ0) is 14.7. The van der Waals surface area contributed by atoms with Crippen molar-refractivity contribution in [1.82, 2.24) is 4.98 Å². The summed E-state index contributed by atoms with van der Waals surface area (Å²) in [5, 5.41) is 4.85. The molecular formula is C18H24N2O. The summed E-state index contributed by atoms with van der Waals surface area (Å²) in [6, 6.07) is 6.22. The molecule has 0 amide bonds. The molecule has 112 valence electrons. The first-order chi connectivity index (χ1) is 10.3. The number of benzene rings is 1. The fourth-order valence-electron chi connectivity index (χ4n) is 3.21. The van der Waals surface area contributed by atoms with Gasteiger partial charge in [-0.15, -0.1) is 0 Å². The topological polar surface area (TPSA) is 34.2 Å². The minimum Gasteiger partial charge on any atom is -0.494 e. The van der Waals surface area contributed by atoms with E-state index in [9.17, 15) is 0 Å². The van der Waals surface area contributed by atoms with Gasteiger partial charge in [0.2, 0.25) is 0 Å². The van der Waals surface area contributed by atoms with Crippen molar-refractivity contribution in [2.24, 2.45) is 0 Å². The largest absolute Gasteiger partial charge is 0.494 e. The van der Waals surface area contributed by atoms with Gasteiger partial charge in [-0.3, -0.25) is 0 Å². The maximum Gasteiger partial charge on any atom is 0.145 e. The number of para-hydroxylation sites is 1. The van der Waals surface area contributed by atoms with E-state index >= 15 is 0 Å². The highest BCUT2D eigenvalue weighted by molar-refractivity contribution is 5.96. The smallest absolute Gasteiger partial charge is 0.145 e. The van der Waals surface area contributed by atoms with Crippen LogP contribution in [0.3, 0.4) is 0 Å². The summed E-state index contributed by atoms with van der Waals surface area (Å²) < 4.78 is 5.52. The molecule has 21 heavy (non-hydrogen) atoms. The Balaban J connectivity index is 2.23. The number of aryl methyl sites for hydroxylation is 1. The van der Waals surface area contributed by atoms with Crippen molar-refractivity contribution in [3.05, 3.63) is 29.5 Å². The summed E-state index contributed by atoms with van der Waals surface area (Å²) >= 11 is 0. The Morgan fingerprint density at radius 3 is 2.86 bits per heavy atom. The number of anilines is 1. The summed E-state index contributed by atoms with van der Waals surface area (Å²) in [6.07, 6.45) is 7.17. The van der Waals surface area contributed by atoms with Crippen LogP contribution in [0.4, 0.5) is 5.69 Å². The number of nitrogens with zero attached hydrogens (tertiary/aromatic N) is 1. The van der Waals surface area contributed by atoms with Gasteiger partial charge in [0.25, 0.3) is 0 Å². The van der Waals surface area contributed by atoms with Crippen LogP contribution < -0.4 is 10.1 Å². The highest BCUT2D eigenvalue weighted by Gasteiger charge is 2.18. The molecule has 1 N–H and O–H groups in total. The van der Waals surface area contributed by atoms with Crippen LogP contribution in [0.5, 0.6) is 5.75 Å². The Kier molecular flexibility index (Phi) is 4.28. The monoisotopic (exact) mass is 284 g/mol. The molecule has 1 aromatic heterocycles. The first-order valence-electron chi connectivity index (χ1n) is 8.07. The van der Waals surface area contributed by atoms with Crippen molar-refractivity contribution in [2.75, 3.05) is 19.0 Å². The fourth-order valence-corrected chi connectivity index (χ4v) is 3.21. The second-order valence-electron chi connectivity index (χ2n) is 5.76. The van der Waals surface area contributed by atoms with Crippen LogP contribution >= 0.6 is 0 Å². The second-order valence-corrected chi connectivity index (χ2v) is 5.76. The molecule has 0 spiro atoms. The van der Waals surface area contributed by atoms with E-state index in [0.717, 1.165) is 37.1 Å². The van der Waals surface area contributed by atoms with Crippen LogP contribution in [0.1, 0.15) is 43.9 Å². The summed E-state index contributed by atoms with van der Waals surface area (Å²) in [6.45, 7) is 3.21. The molecule has 1 aliphatic rings. The number of fused-ring (bicyclic) bond motifs is 2. The third-order valence-corrected chi connectivity index (χ3v) is 4.28. The SMILES string of the molecule is CCCNc1c2c(nc3c(OC)cccc13)CCCCC2. The minimum absolute atomic E-state index is 0.874. The fraction of sp³-hybridized carbons (Fsp3) is 0.500. The lowest BCUT2D eigenvalue weighted by Gasteiger charge is -2.18. The van der Waals surface area contributed by atoms with Crippen molar-refractivity contribution < 1.29 is 4.74 Å². The van der Waals surface area contributed by atoms with E-state index in [1.54, 1.807) is 7.11 Å². The maximum atomic E-state index is 5.52. The molecule has 1 heterocycles. The normalized spacial score (nSPS) is 14.6. The van der Waals surface area contributed by atoms with E-state index in [4.69, 9.17) is 9.72 Å². The van der Waals surface area contributed by atoms with Crippen molar-refractivity contribution in [1.29, 1.82) is 0 Å². The Hall–Kier alpha value is -1.77. The highest BCUT2D eigenvalue weighted by atomic mass is 16.5. The lowest BCUT2D eigenvalue weighted by molar-refractivity contribution is 0.419. The van der Waals surface area contributed by atoms with Crippen LogP contribution in [0.15, 0.2) is 18.2 Å². The van der Waals surface area contributed by atoms with Crippen molar-refractivity contribution in [3.8, 4) is 5.75 Å². The molecule has 0 unspecified atom stereocenters. The minimum atomic E-state index is 0.874. The van der Waals surface area contributed by atoms with Gasteiger partial charge in [0.15, 0.2) is 0 Å². The first kappa shape index (κ1) is 14.2. The van der Waals surface area contributed by atoms with Gasteiger partial charge >= 0.3 is 0 Å². The number of methoxy groups -OCH3 is 1. The Labute approximate surface area is 126 Å². The quantitative estimate of drug-likeness (QED) is 0.848. The van der Waals surface area contributed by atoms with E-state index in [0.29, 0.717) is 0 Å². The average Bonchev–Trinajstić information content (AvgIpc) is 2.76. The number of hydrogen-bond acceptors (Lipinski definition) is 3. The molecule has 0 fully saturated rings. The molecule has 1 aliphatic carbocycles. The second kappa shape index (κ2) is 6.33. The first-order valence-corrected chi connectivity index (χ1v) is 8.07. The molecule has 1 aromatic carbocycles. The molecule has 0 radical (unpaired) electrons. The van der Waals surface area contributed by atoms with Gasteiger partial charge in [-0.2, -0.15) is 0 Å². The predicted octanol–water partition coefficient (Wildman–Crippen LogP) is 4.33. The maximum absolute atomic E-state index is 5.52. The molecule has 0 aliphatic heterocycles. The van der Waals surface area contributed by atoms with Crippen LogP contribution in [0.25, 0.3) is 10.9 Å². The van der Waals surface area contributed by atoms with E-state index in [1.807, 2.05) is 6.07 Å². The van der Waals surface area contributed by atoms with Gasteiger partial charge in [-0.05, 0) is 43.7 Å². The van der Waals surface area contributed by atoms with Gasteiger partial charge in [-0.25, -0.2) is 4.98 Å². The standard InChI is InChI=1S/C18H24N2O/c1-3-12-19-17-13-8-5-4-6-10-15(13)20-18-14(17)9-7-11-16(18)21-2/h7,9,11H,3-6,8,10,12H2,1-2H3,(H,19,20). The molecule has 0 atom stereocenters. The molecule has 3 rings (SSSR count). The number of aromatic nitrogens is 1. The van der Waals surface area contributed by atoms with Crippen molar-refractivity contribution in [3.63, 3.8) is 0 Å².